The van der Waals surface area contributed by atoms with E-state index in [0.717, 1.165) is 34.3 Å². The van der Waals surface area contributed by atoms with Crippen molar-refractivity contribution in [2.45, 2.75) is 20.0 Å². The van der Waals surface area contributed by atoms with Crippen molar-refractivity contribution in [3.05, 3.63) is 46.9 Å². The third-order valence-corrected chi connectivity index (χ3v) is 3.11. The summed E-state index contributed by atoms with van der Waals surface area (Å²) in [6.07, 6.45) is 4.26. The SMILES string of the molecule is CCc1cc(OCc2cnc(NC)cn2)ccc1Cl. The minimum absolute atomic E-state index is 0.391. The lowest BCUT2D eigenvalue weighted by Crippen LogP contribution is -2.01. The van der Waals surface area contributed by atoms with Gasteiger partial charge in [-0.15, -0.1) is 0 Å². The average molecular weight is 278 g/mol. The van der Waals surface area contributed by atoms with Gasteiger partial charge in [0, 0.05) is 12.1 Å². The number of benzene rings is 1. The molecule has 1 aromatic heterocycles. The maximum atomic E-state index is 6.06. The molecular formula is C14H16ClN3O. The largest absolute Gasteiger partial charge is 0.487 e. The highest BCUT2D eigenvalue weighted by Crippen LogP contribution is 2.23. The predicted molar refractivity (Wildman–Crippen MR) is 76.7 cm³/mol. The minimum atomic E-state index is 0.391. The summed E-state index contributed by atoms with van der Waals surface area (Å²) in [6, 6.07) is 5.67. The van der Waals surface area contributed by atoms with Gasteiger partial charge in [-0.3, -0.25) is 4.98 Å². The fraction of sp³-hybridized carbons (Fsp3) is 0.286. The first kappa shape index (κ1) is 13.6. The fourth-order valence-electron chi connectivity index (χ4n) is 1.63. The van der Waals surface area contributed by atoms with Crippen LogP contribution in [0.3, 0.4) is 0 Å². The normalized spacial score (nSPS) is 10.3. The Balaban J connectivity index is 2.01. The first-order chi connectivity index (χ1) is 9.22. The van der Waals surface area contributed by atoms with Crippen LogP contribution < -0.4 is 10.1 Å². The highest BCUT2D eigenvalue weighted by molar-refractivity contribution is 6.31. The number of nitrogens with one attached hydrogen (secondary N) is 1. The molecule has 0 spiro atoms. The van der Waals surface area contributed by atoms with Crippen molar-refractivity contribution in [2.75, 3.05) is 12.4 Å². The van der Waals surface area contributed by atoms with Crippen LogP contribution in [0.5, 0.6) is 5.75 Å². The average Bonchev–Trinajstić information content (AvgIpc) is 2.47. The van der Waals surface area contributed by atoms with E-state index in [9.17, 15) is 0 Å². The first-order valence-electron chi connectivity index (χ1n) is 6.12. The molecule has 1 heterocycles. The van der Waals surface area contributed by atoms with Crippen LogP contribution in [0.2, 0.25) is 5.02 Å². The Kier molecular flexibility index (Phi) is 4.58. The molecule has 0 aliphatic carbocycles. The Morgan fingerprint density at radius 3 is 2.74 bits per heavy atom. The first-order valence-corrected chi connectivity index (χ1v) is 6.50. The summed E-state index contributed by atoms with van der Waals surface area (Å²) in [6.45, 7) is 2.45. The van der Waals surface area contributed by atoms with Gasteiger partial charge >= 0.3 is 0 Å². The molecule has 100 valence electrons. The summed E-state index contributed by atoms with van der Waals surface area (Å²) in [7, 11) is 1.81. The number of hydrogen-bond acceptors (Lipinski definition) is 4. The number of hydrogen-bond donors (Lipinski definition) is 1. The van der Waals surface area contributed by atoms with Gasteiger partial charge in [0.05, 0.1) is 18.1 Å². The summed E-state index contributed by atoms with van der Waals surface area (Å²) in [5.74, 6) is 1.53. The van der Waals surface area contributed by atoms with Crippen LogP contribution in [-0.2, 0) is 13.0 Å². The third-order valence-electron chi connectivity index (χ3n) is 2.75. The molecule has 1 N–H and O–H groups in total. The monoisotopic (exact) mass is 277 g/mol. The zero-order valence-electron chi connectivity index (χ0n) is 11.0. The van der Waals surface area contributed by atoms with E-state index in [0.29, 0.717) is 6.61 Å². The second-order valence-corrected chi connectivity index (χ2v) is 4.45. The molecule has 1 aromatic carbocycles. The molecular weight excluding hydrogens is 262 g/mol. The van der Waals surface area contributed by atoms with Crippen molar-refractivity contribution in [3.63, 3.8) is 0 Å². The molecule has 4 nitrogen and oxygen atoms in total. The van der Waals surface area contributed by atoms with Gasteiger partial charge in [-0.05, 0) is 30.2 Å². The molecule has 19 heavy (non-hydrogen) atoms. The van der Waals surface area contributed by atoms with Gasteiger partial charge in [0.25, 0.3) is 0 Å². The molecule has 5 heteroatoms. The molecule has 0 fully saturated rings. The van der Waals surface area contributed by atoms with Crippen LogP contribution in [0.4, 0.5) is 5.82 Å². The maximum Gasteiger partial charge on any atom is 0.144 e. The molecule has 0 saturated carbocycles. The zero-order valence-corrected chi connectivity index (χ0v) is 11.7. The highest BCUT2D eigenvalue weighted by atomic mass is 35.5. The second-order valence-electron chi connectivity index (χ2n) is 4.04. The van der Waals surface area contributed by atoms with Crippen molar-refractivity contribution < 1.29 is 4.74 Å². The fourth-order valence-corrected chi connectivity index (χ4v) is 1.88. The Hall–Kier alpha value is -1.81. The van der Waals surface area contributed by atoms with E-state index >= 15 is 0 Å². The van der Waals surface area contributed by atoms with E-state index in [-0.39, 0.29) is 0 Å². The second kappa shape index (κ2) is 6.38. The van der Waals surface area contributed by atoms with E-state index < -0.39 is 0 Å². The molecule has 0 unspecified atom stereocenters. The summed E-state index contributed by atoms with van der Waals surface area (Å²) in [4.78, 5) is 8.43. The van der Waals surface area contributed by atoms with Gasteiger partial charge in [-0.2, -0.15) is 0 Å². The number of aryl methyl sites for hydroxylation is 1. The third kappa shape index (κ3) is 3.58. The van der Waals surface area contributed by atoms with Gasteiger partial charge < -0.3 is 10.1 Å². The Bertz CT molecular complexity index is 543. The van der Waals surface area contributed by atoms with Crippen LogP contribution in [0.1, 0.15) is 18.2 Å². The number of nitrogens with zero attached hydrogens (tertiary/aromatic N) is 2. The summed E-state index contributed by atoms with van der Waals surface area (Å²) in [5.41, 5.74) is 1.86. The van der Waals surface area contributed by atoms with Gasteiger partial charge in [0.2, 0.25) is 0 Å². The lowest BCUT2D eigenvalue weighted by molar-refractivity contribution is 0.300. The van der Waals surface area contributed by atoms with Gasteiger partial charge in [0.1, 0.15) is 18.2 Å². The maximum absolute atomic E-state index is 6.06. The smallest absolute Gasteiger partial charge is 0.144 e. The molecule has 2 rings (SSSR count). The quantitative estimate of drug-likeness (QED) is 0.911. The van der Waals surface area contributed by atoms with E-state index in [1.54, 1.807) is 19.4 Å². The Labute approximate surface area is 117 Å². The van der Waals surface area contributed by atoms with Crippen LogP contribution >= 0.6 is 11.6 Å². The van der Waals surface area contributed by atoms with E-state index in [1.165, 1.54) is 0 Å². The molecule has 0 aliphatic rings. The summed E-state index contributed by atoms with van der Waals surface area (Å²) < 4.78 is 5.68. The lowest BCUT2D eigenvalue weighted by atomic mass is 10.1. The van der Waals surface area contributed by atoms with Crippen molar-refractivity contribution in [1.82, 2.24) is 9.97 Å². The topological polar surface area (TPSA) is 47.0 Å². The zero-order chi connectivity index (χ0) is 13.7. The van der Waals surface area contributed by atoms with Crippen LogP contribution in [0, 0.1) is 0 Å². The molecule has 0 aliphatic heterocycles. The number of aromatic nitrogens is 2. The number of anilines is 1. The van der Waals surface area contributed by atoms with E-state index in [1.807, 2.05) is 18.2 Å². The van der Waals surface area contributed by atoms with Crippen LogP contribution in [0.25, 0.3) is 0 Å². The molecule has 0 atom stereocenters. The van der Waals surface area contributed by atoms with E-state index in [4.69, 9.17) is 16.3 Å². The lowest BCUT2D eigenvalue weighted by Gasteiger charge is -2.08. The van der Waals surface area contributed by atoms with Crippen molar-refractivity contribution in [2.24, 2.45) is 0 Å². The van der Waals surface area contributed by atoms with Crippen molar-refractivity contribution in [1.29, 1.82) is 0 Å². The standard InChI is InChI=1S/C14H16ClN3O/c1-3-10-6-12(4-5-13(10)15)19-9-11-7-18-14(16-2)8-17-11/h4-8H,3,9H2,1-2H3,(H,16,18). The molecule has 2 aromatic rings. The van der Waals surface area contributed by atoms with Gasteiger partial charge in [-0.1, -0.05) is 18.5 Å². The number of ether oxygens (including phenoxy) is 1. The van der Waals surface area contributed by atoms with Crippen molar-refractivity contribution in [3.8, 4) is 5.75 Å². The number of rotatable bonds is 5. The van der Waals surface area contributed by atoms with Crippen LogP contribution in [-0.4, -0.2) is 17.0 Å². The highest BCUT2D eigenvalue weighted by Gasteiger charge is 2.02. The molecule has 0 radical (unpaired) electrons. The number of halogens is 1. The minimum Gasteiger partial charge on any atom is -0.487 e. The van der Waals surface area contributed by atoms with Crippen molar-refractivity contribution >= 4 is 17.4 Å². The summed E-state index contributed by atoms with van der Waals surface area (Å²) in [5, 5.41) is 3.69. The molecule has 0 bridgehead atoms. The van der Waals surface area contributed by atoms with Crippen LogP contribution in [0.15, 0.2) is 30.6 Å². The Morgan fingerprint density at radius 1 is 1.26 bits per heavy atom. The van der Waals surface area contributed by atoms with Gasteiger partial charge in [-0.25, -0.2) is 4.98 Å². The van der Waals surface area contributed by atoms with Gasteiger partial charge in [0.15, 0.2) is 0 Å². The Morgan fingerprint density at radius 2 is 2.11 bits per heavy atom. The summed E-state index contributed by atoms with van der Waals surface area (Å²) >= 11 is 6.06. The predicted octanol–water partition coefficient (Wildman–Crippen LogP) is 3.31. The molecule has 0 saturated heterocycles. The van der Waals surface area contributed by atoms with E-state index in [2.05, 4.69) is 22.2 Å². The molecule has 0 amide bonds.